The highest BCUT2D eigenvalue weighted by atomic mass is 35.5. The molecule has 2 unspecified atom stereocenters. The van der Waals surface area contributed by atoms with Crippen LogP contribution in [-0.2, 0) is 4.79 Å². The molecule has 5 heteroatoms. The molecule has 1 aromatic rings. The minimum absolute atomic E-state index is 0.00758. The smallest absolute Gasteiger partial charge is 0.141 e. The van der Waals surface area contributed by atoms with Crippen molar-refractivity contribution in [3.8, 4) is 0 Å². The Hall–Kier alpha value is -0.310. The Morgan fingerprint density at radius 1 is 1.40 bits per heavy atom. The Kier molecular flexibility index (Phi) is 2.70. The summed E-state index contributed by atoms with van der Waals surface area (Å²) in [6.07, 6.45) is 0.710. The maximum Gasteiger partial charge on any atom is 0.141 e. The molecule has 1 aliphatic rings. The third-order valence-electron chi connectivity index (χ3n) is 2.56. The Labute approximate surface area is 101 Å². The lowest BCUT2D eigenvalue weighted by atomic mass is 10.1. The second-order valence-electron chi connectivity index (χ2n) is 3.49. The molecule has 2 rings (SSSR count). The number of alkyl halides is 2. The van der Waals surface area contributed by atoms with E-state index in [4.69, 9.17) is 34.8 Å². The molecule has 1 nitrogen and oxygen atoms in total. The summed E-state index contributed by atoms with van der Waals surface area (Å²) in [5, 5.41) is 0.00758. The van der Waals surface area contributed by atoms with Gasteiger partial charge < -0.3 is 4.79 Å². The fourth-order valence-electron chi connectivity index (χ4n) is 1.66. The lowest BCUT2D eigenvalue weighted by Crippen LogP contribution is -1.91. The van der Waals surface area contributed by atoms with Crippen molar-refractivity contribution in [1.82, 2.24) is 0 Å². The average molecular weight is 268 g/mol. The second kappa shape index (κ2) is 3.62. The van der Waals surface area contributed by atoms with Gasteiger partial charge in [0.05, 0.1) is 10.9 Å². The van der Waals surface area contributed by atoms with Crippen LogP contribution in [0.4, 0.5) is 4.39 Å². The molecule has 15 heavy (non-hydrogen) atoms. The first-order valence-corrected chi connectivity index (χ1v) is 5.40. The van der Waals surface area contributed by atoms with Gasteiger partial charge in [-0.05, 0) is 17.7 Å². The lowest BCUT2D eigenvalue weighted by Gasteiger charge is -2.01. The van der Waals surface area contributed by atoms with Gasteiger partial charge in [0.25, 0.3) is 0 Å². The summed E-state index contributed by atoms with van der Waals surface area (Å²) in [7, 11) is 0. The summed E-state index contributed by atoms with van der Waals surface area (Å²) in [5.41, 5.74) is 0.684. The van der Waals surface area contributed by atoms with Gasteiger partial charge in [-0.2, -0.15) is 0 Å². The highest BCUT2D eigenvalue weighted by Gasteiger charge is 2.64. The van der Waals surface area contributed by atoms with E-state index in [-0.39, 0.29) is 10.9 Å². The van der Waals surface area contributed by atoms with Gasteiger partial charge in [-0.1, -0.05) is 17.7 Å². The first kappa shape index (κ1) is 11.2. The fraction of sp³-hybridized carbons (Fsp3) is 0.300. The summed E-state index contributed by atoms with van der Waals surface area (Å²) in [5.74, 6) is -1.24. The third-order valence-corrected chi connectivity index (χ3v) is 3.82. The molecule has 0 amide bonds. The number of carbonyl (C=O) groups excluding carboxylic acids is 1. The standard InChI is InChI=1S/C10H6Cl3FO/c11-7-3-5(1-2-8(7)14)9-6(4-15)10(9,12)13/h1-4,6,9H. The van der Waals surface area contributed by atoms with Crippen LogP contribution in [0.2, 0.25) is 5.02 Å². The van der Waals surface area contributed by atoms with Gasteiger partial charge >= 0.3 is 0 Å². The molecular weight excluding hydrogens is 261 g/mol. The summed E-state index contributed by atoms with van der Waals surface area (Å²) in [6.45, 7) is 0. The number of halogens is 4. The fourth-order valence-corrected chi connectivity index (χ4v) is 2.60. The molecule has 80 valence electrons. The molecule has 0 bridgehead atoms. The normalized spacial score (nSPS) is 27.5. The predicted molar refractivity (Wildman–Crippen MR) is 58.1 cm³/mol. The van der Waals surface area contributed by atoms with Gasteiger partial charge in [0.2, 0.25) is 0 Å². The average Bonchev–Trinajstić information content (AvgIpc) is 2.73. The summed E-state index contributed by atoms with van der Waals surface area (Å²) in [6, 6.07) is 4.22. The zero-order valence-electron chi connectivity index (χ0n) is 7.38. The molecule has 0 radical (unpaired) electrons. The molecule has 1 saturated carbocycles. The van der Waals surface area contributed by atoms with Gasteiger partial charge in [0.1, 0.15) is 16.4 Å². The van der Waals surface area contributed by atoms with Crippen LogP contribution in [0.3, 0.4) is 0 Å². The maximum absolute atomic E-state index is 12.9. The van der Waals surface area contributed by atoms with E-state index in [0.29, 0.717) is 11.8 Å². The Morgan fingerprint density at radius 3 is 2.53 bits per heavy atom. The monoisotopic (exact) mass is 266 g/mol. The molecule has 0 N–H and O–H groups in total. The summed E-state index contributed by atoms with van der Waals surface area (Å²) in [4.78, 5) is 10.6. The van der Waals surface area contributed by atoms with E-state index in [1.165, 1.54) is 18.2 Å². The third kappa shape index (κ3) is 1.75. The number of aldehydes is 1. The van der Waals surface area contributed by atoms with Crippen LogP contribution >= 0.6 is 34.8 Å². The Balaban J connectivity index is 2.33. The Morgan fingerprint density at radius 2 is 2.07 bits per heavy atom. The molecule has 0 spiro atoms. The zero-order chi connectivity index (χ0) is 11.2. The van der Waals surface area contributed by atoms with Crippen LogP contribution in [0.15, 0.2) is 18.2 Å². The maximum atomic E-state index is 12.9. The van der Waals surface area contributed by atoms with Crippen molar-refractivity contribution in [3.05, 3.63) is 34.6 Å². The molecular formula is C10H6Cl3FO. The molecule has 1 fully saturated rings. The van der Waals surface area contributed by atoms with Gasteiger partial charge in [-0.15, -0.1) is 23.2 Å². The molecule has 0 saturated heterocycles. The van der Waals surface area contributed by atoms with Crippen LogP contribution in [0.25, 0.3) is 0 Å². The van der Waals surface area contributed by atoms with E-state index in [1.807, 2.05) is 0 Å². The van der Waals surface area contributed by atoms with Gasteiger partial charge in [-0.25, -0.2) is 4.39 Å². The molecule has 1 aliphatic carbocycles. The van der Waals surface area contributed by atoms with E-state index < -0.39 is 16.1 Å². The van der Waals surface area contributed by atoms with E-state index in [2.05, 4.69) is 0 Å². The van der Waals surface area contributed by atoms with Crippen LogP contribution in [0, 0.1) is 11.7 Å². The highest BCUT2D eigenvalue weighted by Crippen LogP contribution is 2.64. The molecule has 1 aromatic carbocycles. The summed E-state index contributed by atoms with van der Waals surface area (Å²) < 4.78 is 11.8. The van der Waals surface area contributed by atoms with Crippen LogP contribution in [-0.4, -0.2) is 10.6 Å². The topological polar surface area (TPSA) is 17.1 Å². The SMILES string of the molecule is O=CC1C(c2ccc(F)c(Cl)c2)C1(Cl)Cl. The summed E-state index contributed by atoms with van der Waals surface area (Å²) >= 11 is 17.4. The van der Waals surface area contributed by atoms with Crippen molar-refractivity contribution < 1.29 is 9.18 Å². The van der Waals surface area contributed by atoms with E-state index in [9.17, 15) is 9.18 Å². The van der Waals surface area contributed by atoms with E-state index in [0.717, 1.165) is 0 Å². The number of hydrogen-bond acceptors (Lipinski definition) is 1. The lowest BCUT2D eigenvalue weighted by molar-refractivity contribution is -0.108. The second-order valence-corrected chi connectivity index (χ2v) is 5.34. The van der Waals surface area contributed by atoms with Crippen molar-refractivity contribution in [2.45, 2.75) is 10.3 Å². The molecule has 0 heterocycles. The number of benzene rings is 1. The minimum Gasteiger partial charge on any atom is -0.303 e. The molecule has 2 atom stereocenters. The largest absolute Gasteiger partial charge is 0.303 e. The molecule has 0 aliphatic heterocycles. The van der Waals surface area contributed by atoms with Crippen molar-refractivity contribution in [1.29, 1.82) is 0 Å². The quantitative estimate of drug-likeness (QED) is 0.591. The highest BCUT2D eigenvalue weighted by molar-refractivity contribution is 6.53. The van der Waals surface area contributed by atoms with Gasteiger partial charge in [-0.3, -0.25) is 0 Å². The first-order chi connectivity index (χ1) is 6.98. The van der Waals surface area contributed by atoms with Crippen molar-refractivity contribution in [2.24, 2.45) is 5.92 Å². The zero-order valence-corrected chi connectivity index (χ0v) is 9.65. The van der Waals surface area contributed by atoms with Crippen molar-refractivity contribution in [2.75, 3.05) is 0 Å². The van der Waals surface area contributed by atoms with E-state index >= 15 is 0 Å². The first-order valence-electron chi connectivity index (χ1n) is 4.26. The van der Waals surface area contributed by atoms with E-state index in [1.54, 1.807) is 0 Å². The van der Waals surface area contributed by atoms with Gasteiger partial charge in [0.15, 0.2) is 0 Å². The number of hydrogen-bond donors (Lipinski definition) is 0. The van der Waals surface area contributed by atoms with Crippen LogP contribution in [0.5, 0.6) is 0 Å². The van der Waals surface area contributed by atoms with Crippen LogP contribution in [0.1, 0.15) is 11.5 Å². The number of rotatable bonds is 2. The van der Waals surface area contributed by atoms with Crippen molar-refractivity contribution in [3.63, 3.8) is 0 Å². The number of carbonyl (C=O) groups is 1. The predicted octanol–water partition coefficient (Wildman–Crippen LogP) is 3.57. The molecule has 0 aromatic heterocycles. The van der Waals surface area contributed by atoms with Crippen LogP contribution < -0.4 is 0 Å². The minimum atomic E-state index is -1.08. The van der Waals surface area contributed by atoms with Crippen molar-refractivity contribution >= 4 is 41.1 Å². The Bertz CT molecular complexity index is 419. The van der Waals surface area contributed by atoms with Gasteiger partial charge in [0, 0.05) is 5.92 Å².